The maximum atomic E-state index is 11.9. The molecule has 1 heterocycles. The lowest BCUT2D eigenvalue weighted by atomic mass is 10.2. The van der Waals surface area contributed by atoms with E-state index in [0.29, 0.717) is 15.7 Å². The molecule has 2 rings (SSSR count). The second-order valence-corrected chi connectivity index (χ2v) is 5.92. The Bertz CT molecular complexity index is 534. The van der Waals surface area contributed by atoms with Crippen LogP contribution in [-0.2, 0) is 0 Å². The Morgan fingerprint density at radius 3 is 2.76 bits per heavy atom. The lowest BCUT2D eigenvalue weighted by Crippen LogP contribution is -2.00. The quantitative estimate of drug-likeness (QED) is 0.598. The fourth-order valence-corrected chi connectivity index (χ4v) is 3.51. The van der Waals surface area contributed by atoms with E-state index in [1.165, 1.54) is 16.9 Å². The topological polar surface area (TPSA) is 17.1 Å². The molecule has 0 aliphatic heterocycles. The monoisotopic (exact) mass is 282 g/mol. The third-order valence-electron chi connectivity index (χ3n) is 2.32. The zero-order chi connectivity index (χ0) is 12.3. The molecule has 1 nitrogen and oxygen atoms in total. The van der Waals surface area contributed by atoms with Gasteiger partial charge in [0.05, 0.1) is 15.7 Å². The number of benzene rings is 1. The number of hydrogen-bond donors (Lipinski definition) is 0. The normalized spacial score (nSPS) is 10.5. The zero-order valence-corrected chi connectivity index (χ0v) is 11.7. The van der Waals surface area contributed by atoms with Crippen molar-refractivity contribution in [2.45, 2.75) is 11.8 Å². The van der Waals surface area contributed by atoms with Gasteiger partial charge in [0.1, 0.15) is 0 Å². The number of thioether (sulfide) groups is 1. The van der Waals surface area contributed by atoms with Gasteiger partial charge in [-0.05, 0) is 30.0 Å². The van der Waals surface area contributed by atoms with Crippen LogP contribution >= 0.6 is 34.7 Å². The molecule has 0 spiro atoms. The first-order chi connectivity index (χ1) is 8.18. The Morgan fingerprint density at radius 1 is 1.35 bits per heavy atom. The van der Waals surface area contributed by atoms with Crippen LogP contribution in [0.1, 0.15) is 15.2 Å². The van der Waals surface area contributed by atoms with E-state index in [-0.39, 0.29) is 5.78 Å². The lowest BCUT2D eigenvalue weighted by molar-refractivity contribution is 0.102. The molecule has 0 atom stereocenters. The van der Waals surface area contributed by atoms with Crippen LogP contribution in [0.3, 0.4) is 0 Å². The van der Waals surface area contributed by atoms with Crippen LogP contribution in [0.15, 0.2) is 40.6 Å². The number of ketones is 1. The first-order valence-electron chi connectivity index (χ1n) is 5.13. The van der Waals surface area contributed by atoms with Crippen molar-refractivity contribution in [3.8, 4) is 0 Å². The van der Waals surface area contributed by atoms with E-state index < -0.39 is 0 Å². The van der Waals surface area contributed by atoms with Crippen molar-refractivity contribution in [2.24, 2.45) is 0 Å². The van der Waals surface area contributed by atoms with Gasteiger partial charge >= 0.3 is 0 Å². The highest BCUT2D eigenvalue weighted by Crippen LogP contribution is 2.27. The maximum Gasteiger partial charge on any atom is 0.184 e. The molecule has 0 fully saturated rings. The average Bonchev–Trinajstić information content (AvgIpc) is 2.74. The number of thiophene rings is 1. The van der Waals surface area contributed by atoms with Crippen LogP contribution in [0.5, 0.6) is 0 Å². The number of hydrogen-bond acceptors (Lipinski definition) is 3. The molecule has 2 aromatic rings. The Balaban J connectivity index is 2.02. The van der Waals surface area contributed by atoms with E-state index in [4.69, 9.17) is 11.6 Å². The fraction of sp³-hybridized carbons (Fsp3) is 0.154. The van der Waals surface area contributed by atoms with Crippen LogP contribution in [0.2, 0.25) is 5.02 Å². The van der Waals surface area contributed by atoms with Crippen molar-refractivity contribution in [3.05, 3.63) is 51.2 Å². The van der Waals surface area contributed by atoms with Crippen LogP contribution in [0.25, 0.3) is 0 Å². The maximum absolute atomic E-state index is 11.9. The van der Waals surface area contributed by atoms with E-state index in [1.807, 2.05) is 36.6 Å². The highest BCUT2D eigenvalue weighted by atomic mass is 35.5. The molecule has 0 N–H and O–H groups in total. The van der Waals surface area contributed by atoms with Gasteiger partial charge in [-0.1, -0.05) is 29.8 Å². The molecule has 88 valence electrons. The van der Waals surface area contributed by atoms with Gasteiger partial charge in [0, 0.05) is 4.90 Å². The second-order valence-electron chi connectivity index (χ2n) is 3.58. The van der Waals surface area contributed by atoms with Gasteiger partial charge in [-0.25, -0.2) is 0 Å². The summed E-state index contributed by atoms with van der Waals surface area (Å²) < 4.78 is 0. The molecule has 1 aromatic heterocycles. The standard InChI is InChI=1S/C13H11ClOS2/c1-9-4-2-3-5-12(9)17-8-11(15)13-10(14)6-7-16-13/h2-7H,8H2,1H3. The number of carbonyl (C=O) groups excluding carboxylic acids is 1. The van der Waals surface area contributed by atoms with Crippen LogP contribution in [0.4, 0.5) is 0 Å². The highest BCUT2D eigenvalue weighted by molar-refractivity contribution is 8.00. The Morgan fingerprint density at radius 2 is 2.12 bits per heavy atom. The summed E-state index contributed by atoms with van der Waals surface area (Å²) in [6.45, 7) is 2.05. The first-order valence-corrected chi connectivity index (χ1v) is 7.37. The molecule has 0 unspecified atom stereocenters. The zero-order valence-electron chi connectivity index (χ0n) is 9.27. The summed E-state index contributed by atoms with van der Waals surface area (Å²) >= 11 is 8.89. The summed E-state index contributed by atoms with van der Waals surface area (Å²) in [7, 11) is 0. The van der Waals surface area contributed by atoms with Crippen LogP contribution in [0, 0.1) is 6.92 Å². The molecule has 0 radical (unpaired) electrons. The van der Waals surface area contributed by atoms with E-state index in [0.717, 1.165) is 4.90 Å². The molecular formula is C13H11ClOS2. The van der Waals surface area contributed by atoms with Gasteiger partial charge in [-0.2, -0.15) is 0 Å². The molecule has 0 aliphatic rings. The van der Waals surface area contributed by atoms with Crippen molar-refractivity contribution < 1.29 is 4.79 Å². The molecule has 1 aromatic carbocycles. The van der Waals surface area contributed by atoms with Gasteiger partial charge < -0.3 is 0 Å². The van der Waals surface area contributed by atoms with E-state index in [1.54, 1.807) is 17.8 Å². The van der Waals surface area contributed by atoms with Gasteiger partial charge in [-0.15, -0.1) is 23.1 Å². The summed E-state index contributed by atoms with van der Waals surface area (Å²) in [4.78, 5) is 13.7. The summed E-state index contributed by atoms with van der Waals surface area (Å²) in [5.41, 5.74) is 1.20. The van der Waals surface area contributed by atoms with Gasteiger partial charge in [-0.3, -0.25) is 4.79 Å². The third-order valence-corrected chi connectivity index (χ3v) is 4.88. The van der Waals surface area contributed by atoms with E-state index in [2.05, 4.69) is 0 Å². The summed E-state index contributed by atoms with van der Waals surface area (Å²) in [6, 6.07) is 9.82. The van der Waals surface area contributed by atoms with Crippen LogP contribution < -0.4 is 0 Å². The minimum absolute atomic E-state index is 0.0956. The van der Waals surface area contributed by atoms with Gasteiger partial charge in [0.2, 0.25) is 0 Å². The van der Waals surface area contributed by atoms with Crippen LogP contribution in [-0.4, -0.2) is 11.5 Å². The molecular weight excluding hydrogens is 272 g/mol. The number of Topliss-reactive ketones (excluding diaryl/α,β-unsaturated/α-hetero) is 1. The summed E-state index contributed by atoms with van der Waals surface area (Å²) in [6.07, 6.45) is 0. The predicted molar refractivity (Wildman–Crippen MR) is 75.6 cm³/mol. The Hall–Kier alpha value is -0.770. The largest absolute Gasteiger partial charge is 0.292 e. The van der Waals surface area contributed by atoms with Gasteiger partial charge in [0.15, 0.2) is 5.78 Å². The third kappa shape index (κ3) is 3.12. The van der Waals surface area contributed by atoms with Crippen molar-refractivity contribution >= 4 is 40.5 Å². The number of halogens is 1. The predicted octanol–water partition coefficient (Wildman–Crippen LogP) is 4.68. The lowest BCUT2D eigenvalue weighted by Gasteiger charge is -2.03. The van der Waals surface area contributed by atoms with E-state index in [9.17, 15) is 4.79 Å². The first kappa shape index (κ1) is 12.7. The summed E-state index contributed by atoms with van der Waals surface area (Å²) in [5.74, 6) is 0.531. The van der Waals surface area contributed by atoms with Crippen molar-refractivity contribution in [2.75, 3.05) is 5.75 Å². The average molecular weight is 283 g/mol. The Kier molecular flexibility index (Phi) is 4.26. The number of aryl methyl sites for hydroxylation is 1. The SMILES string of the molecule is Cc1ccccc1SCC(=O)c1sccc1Cl. The smallest absolute Gasteiger partial charge is 0.184 e. The molecule has 0 bridgehead atoms. The number of carbonyl (C=O) groups is 1. The van der Waals surface area contributed by atoms with Crippen molar-refractivity contribution in [3.63, 3.8) is 0 Å². The number of rotatable bonds is 4. The molecule has 4 heteroatoms. The highest BCUT2D eigenvalue weighted by Gasteiger charge is 2.12. The minimum atomic E-state index is 0.0956. The minimum Gasteiger partial charge on any atom is -0.292 e. The van der Waals surface area contributed by atoms with E-state index >= 15 is 0 Å². The molecule has 17 heavy (non-hydrogen) atoms. The molecule has 0 saturated heterocycles. The van der Waals surface area contributed by atoms with Gasteiger partial charge in [0.25, 0.3) is 0 Å². The second kappa shape index (κ2) is 5.71. The van der Waals surface area contributed by atoms with Crippen molar-refractivity contribution in [1.29, 1.82) is 0 Å². The summed E-state index contributed by atoms with van der Waals surface area (Å²) in [5, 5.41) is 2.40. The molecule has 0 amide bonds. The molecule has 0 saturated carbocycles. The fourth-order valence-electron chi connectivity index (χ4n) is 1.42. The Labute approximate surface area is 114 Å². The molecule has 0 aliphatic carbocycles. The van der Waals surface area contributed by atoms with Crippen molar-refractivity contribution in [1.82, 2.24) is 0 Å².